The van der Waals surface area contributed by atoms with E-state index in [-0.39, 0.29) is 42.6 Å². The molecule has 0 unspecified atom stereocenters. The van der Waals surface area contributed by atoms with Crippen molar-refractivity contribution in [3.8, 4) is 23.0 Å². The lowest BCUT2D eigenvalue weighted by atomic mass is 9.98. The Hall–Kier alpha value is -8.17. The first kappa shape index (κ1) is 53.6. The van der Waals surface area contributed by atoms with E-state index < -0.39 is 0 Å². The molecule has 0 saturated carbocycles. The highest BCUT2D eigenvalue weighted by Crippen LogP contribution is 2.29. The highest BCUT2D eigenvalue weighted by molar-refractivity contribution is 6.05. The SMILES string of the molecule is COc1ccc(C(=O)NCc2cccc(C(=O)Nc3ccc4c(c3)CN(Cc3ccccc3)CC4)c2)cc1OC.COc1ccc(C(=O)NCc2cccc(C(=O)Nc3ccc4c(c3)CNCC4)c2)cc1OC.Cl. The number of anilines is 2. The van der Waals surface area contributed by atoms with Gasteiger partial charge in [0.25, 0.3) is 23.6 Å². The van der Waals surface area contributed by atoms with Crippen LogP contribution in [-0.4, -0.2) is 70.1 Å². The number of fused-ring (bicyclic) bond motifs is 2. The van der Waals surface area contributed by atoms with Crippen molar-refractivity contribution in [1.82, 2.24) is 20.9 Å². The highest BCUT2D eigenvalue weighted by atomic mass is 35.5. The lowest BCUT2D eigenvalue weighted by Crippen LogP contribution is -2.30. The van der Waals surface area contributed by atoms with E-state index >= 15 is 0 Å². The summed E-state index contributed by atoms with van der Waals surface area (Å²) in [5.41, 5.74) is 11.6. The maximum absolute atomic E-state index is 13.1. The molecule has 0 saturated heterocycles. The number of ether oxygens (including phenoxy) is 4. The van der Waals surface area contributed by atoms with Crippen LogP contribution in [0.25, 0.3) is 0 Å². The summed E-state index contributed by atoms with van der Waals surface area (Å²) in [4.78, 5) is 53.6. The van der Waals surface area contributed by atoms with Gasteiger partial charge in [0.05, 0.1) is 28.4 Å². The number of rotatable bonds is 16. The number of hydrogen-bond acceptors (Lipinski definition) is 10. The molecule has 382 valence electrons. The van der Waals surface area contributed by atoms with Crippen LogP contribution < -0.4 is 45.5 Å². The third-order valence-electron chi connectivity index (χ3n) is 12.7. The van der Waals surface area contributed by atoms with Gasteiger partial charge in [0.15, 0.2) is 23.0 Å². The Morgan fingerprint density at radius 2 is 0.959 bits per heavy atom. The van der Waals surface area contributed by atoms with Crippen molar-refractivity contribution >= 4 is 47.4 Å². The maximum Gasteiger partial charge on any atom is 0.255 e. The zero-order valence-electron chi connectivity index (χ0n) is 41.9. The molecule has 14 nitrogen and oxygen atoms in total. The summed E-state index contributed by atoms with van der Waals surface area (Å²) in [5, 5.41) is 15.1. The van der Waals surface area contributed by atoms with Gasteiger partial charge in [0.1, 0.15) is 0 Å². The molecule has 2 aliphatic rings. The second-order valence-corrected chi connectivity index (χ2v) is 17.7. The van der Waals surface area contributed by atoms with E-state index in [1.165, 1.54) is 42.0 Å². The predicted molar refractivity (Wildman–Crippen MR) is 290 cm³/mol. The van der Waals surface area contributed by atoms with E-state index in [9.17, 15) is 19.2 Å². The summed E-state index contributed by atoms with van der Waals surface area (Å²) < 4.78 is 21.0. The quantitative estimate of drug-likeness (QED) is 0.0629. The second-order valence-electron chi connectivity index (χ2n) is 17.7. The monoisotopic (exact) mass is 1020 g/mol. The molecule has 5 N–H and O–H groups in total. The number of benzene rings is 7. The van der Waals surface area contributed by atoms with Crippen LogP contribution in [0, 0.1) is 0 Å². The molecule has 0 atom stereocenters. The van der Waals surface area contributed by atoms with Gasteiger partial charge < -0.3 is 45.5 Å². The van der Waals surface area contributed by atoms with Gasteiger partial charge in [-0.05, 0) is 143 Å². The number of halogens is 1. The largest absolute Gasteiger partial charge is 0.493 e. The van der Waals surface area contributed by atoms with Crippen LogP contribution in [0.1, 0.15) is 80.4 Å². The molecule has 7 aromatic carbocycles. The van der Waals surface area contributed by atoms with Crippen LogP contribution >= 0.6 is 12.4 Å². The van der Waals surface area contributed by atoms with Crippen molar-refractivity contribution in [3.63, 3.8) is 0 Å². The normalized spacial score (nSPS) is 12.4. The molecular weight excluding hydrogens is 956 g/mol. The molecular formula is C59H61ClN6O8. The predicted octanol–water partition coefficient (Wildman–Crippen LogP) is 9.40. The zero-order valence-corrected chi connectivity index (χ0v) is 42.7. The fourth-order valence-electron chi connectivity index (χ4n) is 8.80. The second kappa shape index (κ2) is 26.0. The summed E-state index contributed by atoms with van der Waals surface area (Å²) in [6.07, 6.45) is 1.99. The molecule has 0 radical (unpaired) electrons. The molecule has 0 fully saturated rings. The van der Waals surface area contributed by atoms with Gasteiger partial charge in [0.2, 0.25) is 0 Å². The van der Waals surface area contributed by atoms with E-state index in [1.807, 2.05) is 48.5 Å². The number of methoxy groups -OCH3 is 4. The molecule has 4 amide bonds. The maximum atomic E-state index is 13.1. The Bertz CT molecular complexity index is 3100. The van der Waals surface area contributed by atoms with Gasteiger partial charge in [-0.3, -0.25) is 24.1 Å². The molecule has 2 aliphatic heterocycles. The molecule has 0 bridgehead atoms. The van der Waals surface area contributed by atoms with Crippen molar-refractivity contribution in [2.45, 2.75) is 45.6 Å². The van der Waals surface area contributed by atoms with Crippen LogP contribution in [0.2, 0.25) is 0 Å². The number of carbonyl (C=O) groups is 4. The first-order chi connectivity index (χ1) is 35.6. The fraction of sp³-hybridized carbons (Fsp3) is 0.220. The minimum absolute atomic E-state index is 0. The van der Waals surface area contributed by atoms with Crippen LogP contribution in [0.5, 0.6) is 23.0 Å². The van der Waals surface area contributed by atoms with Crippen LogP contribution in [0.15, 0.2) is 152 Å². The number of carbonyl (C=O) groups excluding carboxylic acids is 4. The van der Waals surface area contributed by atoms with Crippen molar-refractivity contribution in [1.29, 1.82) is 0 Å². The Labute approximate surface area is 438 Å². The summed E-state index contributed by atoms with van der Waals surface area (Å²) in [6, 6.07) is 47.2. The number of amides is 4. The zero-order chi connectivity index (χ0) is 51.1. The van der Waals surface area contributed by atoms with Crippen LogP contribution in [0.4, 0.5) is 11.4 Å². The Balaban J connectivity index is 0.000000217. The van der Waals surface area contributed by atoms with Crippen LogP contribution in [-0.2, 0) is 45.6 Å². The molecule has 0 spiro atoms. The Morgan fingerprint density at radius 3 is 1.49 bits per heavy atom. The summed E-state index contributed by atoms with van der Waals surface area (Å²) in [5.74, 6) is 1.22. The third-order valence-corrected chi connectivity index (χ3v) is 12.7. The van der Waals surface area contributed by atoms with E-state index in [4.69, 9.17) is 18.9 Å². The Kier molecular flexibility index (Phi) is 18.8. The topological polar surface area (TPSA) is 169 Å². The van der Waals surface area contributed by atoms with Gasteiger partial charge in [-0.2, -0.15) is 0 Å². The molecule has 15 heteroatoms. The lowest BCUT2D eigenvalue weighted by molar-refractivity contribution is 0.0942. The van der Waals surface area contributed by atoms with Crippen LogP contribution in [0.3, 0.4) is 0 Å². The average Bonchev–Trinajstić information content (AvgIpc) is 3.43. The van der Waals surface area contributed by atoms with Gasteiger partial charge in [0, 0.05) is 72.9 Å². The van der Waals surface area contributed by atoms with Gasteiger partial charge in [-0.25, -0.2) is 0 Å². The van der Waals surface area contributed by atoms with Gasteiger partial charge >= 0.3 is 0 Å². The highest BCUT2D eigenvalue weighted by Gasteiger charge is 2.19. The lowest BCUT2D eigenvalue weighted by Gasteiger charge is -2.29. The Morgan fingerprint density at radius 1 is 0.473 bits per heavy atom. The number of nitrogens with one attached hydrogen (secondary N) is 5. The molecule has 9 rings (SSSR count). The molecule has 0 aliphatic carbocycles. The van der Waals surface area contributed by atoms with Gasteiger partial charge in [-0.15, -0.1) is 12.4 Å². The summed E-state index contributed by atoms with van der Waals surface area (Å²) in [7, 11) is 6.15. The van der Waals surface area contributed by atoms with E-state index in [2.05, 4.69) is 73.9 Å². The molecule has 2 heterocycles. The van der Waals surface area contributed by atoms with Crippen molar-refractivity contribution in [2.75, 3.05) is 52.2 Å². The average molecular weight is 1020 g/mol. The van der Waals surface area contributed by atoms with Crippen molar-refractivity contribution in [2.24, 2.45) is 0 Å². The number of nitrogens with zero attached hydrogens (tertiary/aromatic N) is 1. The van der Waals surface area contributed by atoms with E-state index in [0.29, 0.717) is 51.8 Å². The first-order valence-corrected chi connectivity index (χ1v) is 24.1. The number of hydrogen-bond donors (Lipinski definition) is 5. The molecule has 0 aromatic heterocycles. The fourth-order valence-corrected chi connectivity index (χ4v) is 8.80. The molecule has 74 heavy (non-hydrogen) atoms. The van der Waals surface area contributed by atoms with Crippen molar-refractivity contribution < 1.29 is 38.1 Å². The van der Waals surface area contributed by atoms with Gasteiger partial charge in [-0.1, -0.05) is 66.7 Å². The van der Waals surface area contributed by atoms with E-state index in [0.717, 1.165) is 68.1 Å². The summed E-state index contributed by atoms with van der Waals surface area (Å²) in [6.45, 7) is 5.14. The molecule has 7 aromatic rings. The minimum Gasteiger partial charge on any atom is -0.493 e. The summed E-state index contributed by atoms with van der Waals surface area (Å²) >= 11 is 0. The van der Waals surface area contributed by atoms with Crippen molar-refractivity contribution in [3.05, 3.63) is 213 Å². The third kappa shape index (κ3) is 14.1. The minimum atomic E-state index is -0.244. The first-order valence-electron chi connectivity index (χ1n) is 24.1. The standard InChI is InChI=1S/C33H33N3O4.C26H27N3O4.ClH/c1-39-30-14-12-27(19-31(30)40-2)32(37)34-20-24-9-6-10-26(17-24)33(38)35-29-13-11-25-15-16-36(22-28(25)18-29)21-23-7-4-3-5-8-23;1-32-23-9-7-20(14-24(23)33-2)25(30)28-15-17-4-3-5-19(12-17)26(31)29-22-8-6-18-10-11-27-16-21(18)13-22;/h3-14,17-19H,15-16,20-22H2,1-2H3,(H,34,37)(H,35,38);3-9,12-14,27H,10-11,15-16H2,1-2H3,(H,28,30)(H,29,31);1H. The smallest absolute Gasteiger partial charge is 0.255 e. The van der Waals surface area contributed by atoms with E-state index in [1.54, 1.807) is 74.9 Å².